The van der Waals surface area contributed by atoms with Crippen LogP contribution in [0.4, 0.5) is 11.4 Å². The number of benzene rings is 1. The second-order valence-corrected chi connectivity index (χ2v) is 10.3. The van der Waals surface area contributed by atoms with Crippen LogP contribution < -0.4 is 11.1 Å². The second kappa shape index (κ2) is 8.95. The molecule has 27 heavy (non-hydrogen) atoms. The molecule has 0 bridgehead atoms. The van der Waals surface area contributed by atoms with E-state index in [0.717, 1.165) is 17.7 Å². The first-order valence-corrected chi connectivity index (χ1v) is 11.5. The van der Waals surface area contributed by atoms with Gasteiger partial charge in [-0.2, -0.15) is 0 Å². The van der Waals surface area contributed by atoms with Gasteiger partial charge >= 0.3 is 5.97 Å². The van der Waals surface area contributed by atoms with Gasteiger partial charge in [-0.25, -0.2) is 8.42 Å². The molecule has 152 valence electrons. The fourth-order valence-electron chi connectivity index (χ4n) is 3.95. The van der Waals surface area contributed by atoms with E-state index in [4.69, 9.17) is 10.8 Å². The van der Waals surface area contributed by atoms with Crippen molar-refractivity contribution < 1.29 is 18.3 Å². The maximum Gasteiger partial charge on any atom is 0.303 e. The van der Waals surface area contributed by atoms with Crippen LogP contribution in [0.5, 0.6) is 0 Å². The quantitative estimate of drug-likeness (QED) is 0.580. The minimum Gasteiger partial charge on any atom is -0.481 e. The molecule has 1 heterocycles. The summed E-state index contributed by atoms with van der Waals surface area (Å²) in [6.07, 6.45) is 2.18. The van der Waals surface area contributed by atoms with E-state index in [-0.39, 0.29) is 29.9 Å². The summed E-state index contributed by atoms with van der Waals surface area (Å²) in [5, 5.41) is 12.6. The Hall–Kier alpha value is -1.76. The van der Waals surface area contributed by atoms with Gasteiger partial charge in [-0.3, -0.25) is 4.79 Å². The molecule has 0 saturated carbocycles. The van der Waals surface area contributed by atoms with E-state index in [1.165, 1.54) is 0 Å². The Kier molecular flexibility index (Phi) is 7.14. The molecule has 0 aliphatic carbocycles. The zero-order valence-corrected chi connectivity index (χ0v) is 17.3. The Bertz CT molecular complexity index is 747. The minimum absolute atomic E-state index is 0.0525. The summed E-state index contributed by atoms with van der Waals surface area (Å²) in [7, 11) is -2.88. The van der Waals surface area contributed by atoms with E-state index >= 15 is 0 Å². The Labute approximate surface area is 162 Å². The zero-order chi connectivity index (χ0) is 20.2. The first-order valence-electron chi connectivity index (χ1n) is 9.71. The van der Waals surface area contributed by atoms with Crippen molar-refractivity contribution in [2.24, 2.45) is 11.8 Å². The first kappa shape index (κ1) is 21.5. The van der Waals surface area contributed by atoms with Crippen LogP contribution in [-0.2, 0) is 14.6 Å². The number of nitrogens with one attached hydrogen (secondary N) is 1. The average molecular weight is 397 g/mol. The van der Waals surface area contributed by atoms with Crippen molar-refractivity contribution in [3.63, 3.8) is 0 Å². The van der Waals surface area contributed by atoms with Crippen LogP contribution in [0.3, 0.4) is 0 Å². The van der Waals surface area contributed by atoms with Crippen LogP contribution in [0.1, 0.15) is 57.9 Å². The molecule has 1 aromatic carbocycles. The van der Waals surface area contributed by atoms with Crippen LogP contribution in [-0.4, -0.2) is 37.0 Å². The highest BCUT2D eigenvalue weighted by molar-refractivity contribution is 7.91. The molecule has 0 amide bonds. The third kappa shape index (κ3) is 5.86. The fourth-order valence-corrected chi connectivity index (χ4v) is 5.48. The van der Waals surface area contributed by atoms with Crippen molar-refractivity contribution in [1.29, 1.82) is 0 Å². The first-order chi connectivity index (χ1) is 12.6. The number of carbonyl (C=O) groups is 1. The Balaban J connectivity index is 2.15. The number of aliphatic carboxylic acids is 1. The van der Waals surface area contributed by atoms with Crippen LogP contribution in [0.15, 0.2) is 18.2 Å². The molecule has 2 atom stereocenters. The predicted octanol–water partition coefficient (Wildman–Crippen LogP) is 3.50. The van der Waals surface area contributed by atoms with Gasteiger partial charge < -0.3 is 16.2 Å². The molecule has 0 radical (unpaired) electrons. The number of hydrogen-bond donors (Lipinski definition) is 3. The number of nitrogen functional groups attached to an aromatic ring is 1. The van der Waals surface area contributed by atoms with E-state index < -0.39 is 15.8 Å². The Morgan fingerprint density at radius 3 is 2.41 bits per heavy atom. The fraction of sp³-hybridized carbons (Fsp3) is 0.650. The molecule has 1 aromatic rings. The lowest BCUT2D eigenvalue weighted by atomic mass is 9.86. The number of carboxylic acid groups (broad SMARTS) is 1. The number of rotatable bonds is 8. The van der Waals surface area contributed by atoms with E-state index in [1.807, 2.05) is 25.1 Å². The SMILES string of the molecule is CCC(CC(=O)O)c1ccc(NC(C(C)C)C2CCS(=O)(=O)CC2)c(N)c1. The van der Waals surface area contributed by atoms with Gasteiger partial charge in [0, 0.05) is 6.04 Å². The third-order valence-corrected chi connectivity index (χ3v) is 7.32. The number of sulfone groups is 1. The van der Waals surface area contributed by atoms with Gasteiger partial charge in [0.05, 0.1) is 29.3 Å². The number of nitrogens with two attached hydrogens (primary N) is 1. The van der Waals surface area contributed by atoms with Crippen LogP contribution >= 0.6 is 0 Å². The summed E-state index contributed by atoms with van der Waals surface area (Å²) in [6, 6.07) is 5.87. The summed E-state index contributed by atoms with van der Waals surface area (Å²) in [4.78, 5) is 11.0. The molecule has 1 aliphatic heterocycles. The molecule has 1 fully saturated rings. The second-order valence-electron chi connectivity index (χ2n) is 7.95. The lowest BCUT2D eigenvalue weighted by molar-refractivity contribution is -0.137. The lowest BCUT2D eigenvalue weighted by Crippen LogP contribution is -2.39. The van der Waals surface area contributed by atoms with Gasteiger partial charge in [-0.1, -0.05) is 26.8 Å². The number of hydrogen-bond acceptors (Lipinski definition) is 5. The van der Waals surface area contributed by atoms with Crippen molar-refractivity contribution >= 4 is 27.2 Å². The monoisotopic (exact) mass is 396 g/mol. The Morgan fingerprint density at radius 2 is 1.93 bits per heavy atom. The number of carboxylic acids is 1. The van der Waals surface area contributed by atoms with Crippen LogP contribution in [0.25, 0.3) is 0 Å². The zero-order valence-electron chi connectivity index (χ0n) is 16.4. The van der Waals surface area contributed by atoms with Crippen LogP contribution in [0.2, 0.25) is 0 Å². The maximum atomic E-state index is 11.7. The van der Waals surface area contributed by atoms with E-state index in [2.05, 4.69) is 19.2 Å². The molecular formula is C20H32N2O4S. The molecule has 0 spiro atoms. The molecule has 2 rings (SSSR count). The minimum atomic E-state index is -2.88. The summed E-state index contributed by atoms with van der Waals surface area (Å²) < 4.78 is 23.4. The maximum absolute atomic E-state index is 11.7. The van der Waals surface area contributed by atoms with Gasteiger partial charge in [-0.15, -0.1) is 0 Å². The molecule has 6 nitrogen and oxygen atoms in total. The molecule has 1 aliphatic rings. The van der Waals surface area contributed by atoms with E-state index in [9.17, 15) is 13.2 Å². The molecule has 7 heteroatoms. The summed E-state index contributed by atoms with van der Waals surface area (Å²) in [5.41, 5.74) is 8.63. The Morgan fingerprint density at radius 1 is 1.30 bits per heavy atom. The van der Waals surface area contributed by atoms with Crippen molar-refractivity contribution in [2.45, 2.75) is 58.4 Å². The standard InChI is InChI=1S/C20H32N2O4S/c1-4-14(12-19(23)24)16-5-6-18(17(21)11-16)22-20(13(2)3)15-7-9-27(25,26)10-8-15/h5-6,11,13-15,20,22H,4,7-10,12,21H2,1-3H3,(H,23,24). The van der Waals surface area contributed by atoms with Gasteiger partial charge in [-0.05, 0) is 54.7 Å². The van der Waals surface area contributed by atoms with Gasteiger partial charge in [0.15, 0.2) is 0 Å². The van der Waals surface area contributed by atoms with Crippen molar-refractivity contribution in [3.05, 3.63) is 23.8 Å². The van der Waals surface area contributed by atoms with Gasteiger partial charge in [0.2, 0.25) is 0 Å². The predicted molar refractivity (Wildman–Crippen MR) is 110 cm³/mol. The molecule has 2 unspecified atom stereocenters. The molecular weight excluding hydrogens is 364 g/mol. The summed E-state index contributed by atoms with van der Waals surface area (Å²) in [5.74, 6) is 0.278. The molecule has 4 N–H and O–H groups in total. The largest absolute Gasteiger partial charge is 0.481 e. The highest BCUT2D eigenvalue weighted by Gasteiger charge is 2.31. The van der Waals surface area contributed by atoms with Crippen LogP contribution in [0, 0.1) is 11.8 Å². The normalized spacial score (nSPS) is 19.6. The van der Waals surface area contributed by atoms with Crippen molar-refractivity contribution in [2.75, 3.05) is 22.6 Å². The summed E-state index contributed by atoms with van der Waals surface area (Å²) in [6.45, 7) is 6.23. The van der Waals surface area contributed by atoms with Crippen molar-refractivity contribution in [1.82, 2.24) is 0 Å². The highest BCUT2D eigenvalue weighted by Crippen LogP contribution is 2.33. The number of anilines is 2. The lowest BCUT2D eigenvalue weighted by Gasteiger charge is -2.34. The van der Waals surface area contributed by atoms with Crippen molar-refractivity contribution in [3.8, 4) is 0 Å². The molecule has 0 aromatic heterocycles. The van der Waals surface area contributed by atoms with E-state index in [1.54, 1.807) is 0 Å². The third-order valence-electron chi connectivity index (χ3n) is 5.61. The van der Waals surface area contributed by atoms with Gasteiger partial charge in [0.25, 0.3) is 0 Å². The summed E-state index contributed by atoms with van der Waals surface area (Å²) >= 11 is 0. The average Bonchev–Trinajstić information content (AvgIpc) is 2.58. The van der Waals surface area contributed by atoms with E-state index in [0.29, 0.717) is 30.4 Å². The topological polar surface area (TPSA) is 109 Å². The highest BCUT2D eigenvalue weighted by atomic mass is 32.2. The molecule has 1 saturated heterocycles. The smallest absolute Gasteiger partial charge is 0.303 e. The van der Waals surface area contributed by atoms with Gasteiger partial charge in [0.1, 0.15) is 9.84 Å².